The van der Waals surface area contributed by atoms with E-state index in [2.05, 4.69) is 20.6 Å². The number of benzene rings is 1. The van der Waals surface area contributed by atoms with Crippen LogP contribution in [0, 0.1) is 12.8 Å². The second-order valence-electron chi connectivity index (χ2n) is 7.34. The number of aromatic nitrogens is 2. The molecule has 0 aliphatic heterocycles. The first-order valence-corrected chi connectivity index (χ1v) is 9.56. The topological polar surface area (TPSA) is 92.9 Å². The van der Waals surface area contributed by atoms with E-state index in [0.717, 1.165) is 25.0 Å². The maximum absolute atomic E-state index is 12.6. The van der Waals surface area contributed by atoms with Gasteiger partial charge in [0.15, 0.2) is 5.82 Å². The summed E-state index contributed by atoms with van der Waals surface area (Å²) >= 11 is 0. The molecule has 0 atom stereocenters. The summed E-state index contributed by atoms with van der Waals surface area (Å²) in [5, 5.41) is 5.75. The average molecular weight is 407 g/mol. The third-order valence-electron chi connectivity index (χ3n) is 5.06. The first-order chi connectivity index (χ1) is 13.7. The minimum atomic E-state index is -4.36. The lowest BCUT2D eigenvalue weighted by Crippen LogP contribution is -2.18. The van der Waals surface area contributed by atoms with Crippen molar-refractivity contribution < 1.29 is 18.0 Å². The highest BCUT2D eigenvalue weighted by molar-refractivity contribution is 5.94. The molecule has 29 heavy (non-hydrogen) atoms. The second-order valence-corrected chi connectivity index (χ2v) is 7.34. The molecule has 0 unspecified atom stereocenters. The predicted octanol–water partition coefficient (Wildman–Crippen LogP) is 4.52. The zero-order chi connectivity index (χ0) is 21.0. The van der Waals surface area contributed by atoms with Gasteiger partial charge in [-0.25, -0.2) is 4.98 Å². The number of amides is 1. The Hall–Kier alpha value is -2.84. The van der Waals surface area contributed by atoms with Gasteiger partial charge in [0.2, 0.25) is 11.9 Å². The van der Waals surface area contributed by atoms with Crippen LogP contribution in [0.2, 0.25) is 0 Å². The minimum absolute atomic E-state index is 0.0965. The van der Waals surface area contributed by atoms with Crippen LogP contribution in [-0.2, 0) is 17.5 Å². The Balaban J connectivity index is 1.60. The monoisotopic (exact) mass is 407 g/mol. The van der Waals surface area contributed by atoms with E-state index >= 15 is 0 Å². The Bertz CT molecular complexity index is 838. The number of aryl methyl sites for hydroxylation is 1. The van der Waals surface area contributed by atoms with Gasteiger partial charge in [-0.2, -0.15) is 18.2 Å². The molecule has 1 saturated carbocycles. The van der Waals surface area contributed by atoms with Crippen LogP contribution >= 0.6 is 0 Å². The Kier molecular flexibility index (Phi) is 6.24. The van der Waals surface area contributed by atoms with E-state index in [9.17, 15) is 18.0 Å². The Morgan fingerprint density at radius 1 is 1.17 bits per heavy atom. The van der Waals surface area contributed by atoms with Gasteiger partial charge in [0, 0.05) is 13.0 Å². The molecule has 9 heteroatoms. The number of halogens is 3. The quantitative estimate of drug-likeness (QED) is 0.655. The average Bonchev–Trinajstić information content (AvgIpc) is 3.15. The van der Waals surface area contributed by atoms with Crippen molar-refractivity contribution >= 4 is 23.4 Å². The van der Waals surface area contributed by atoms with E-state index in [-0.39, 0.29) is 24.2 Å². The van der Waals surface area contributed by atoms with Crippen molar-refractivity contribution in [3.63, 3.8) is 0 Å². The number of alkyl halides is 3. The van der Waals surface area contributed by atoms with Crippen LogP contribution < -0.4 is 16.4 Å². The largest absolute Gasteiger partial charge is 0.416 e. The molecule has 0 spiro atoms. The fourth-order valence-electron chi connectivity index (χ4n) is 3.49. The summed E-state index contributed by atoms with van der Waals surface area (Å²) in [7, 11) is 0. The molecule has 4 N–H and O–H groups in total. The number of hydrogen-bond donors (Lipinski definition) is 3. The molecule has 3 rings (SSSR count). The van der Waals surface area contributed by atoms with Gasteiger partial charge in [0.05, 0.1) is 11.3 Å². The summed E-state index contributed by atoms with van der Waals surface area (Å²) in [4.78, 5) is 20.7. The number of carbonyl (C=O) groups is 1. The van der Waals surface area contributed by atoms with Gasteiger partial charge < -0.3 is 16.4 Å². The first kappa shape index (κ1) is 20.9. The Morgan fingerprint density at radius 3 is 2.41 bits per heavy atom. The maximum Gasteiger partial charge on any atom is 0.416 e. The van der Waals surface area contributed by atoms with Crippen molar-refractivity contribution in [2.75, 3.05) is 16.4 Å². The van der Waals surface area contributed by atoms with Gasteiger partial charge in [-0.05, 0) is 43.4 Å². The van der Waals surface area contributed by atoms with E-state index < -0.39 is 11.7 Å². The molecule has 0 saturated heterocycles. The Morgan fingerprint density at radius 2 is 1.83 bits per heavy atom. The molecule has 1 aliphatic rings. The second kappa shape index (κ2) is 8.67. The molecule has 2 aromatic rings. The number of nitrogens with two attached hydrogens (primary N) is 1. The highest BCUT2D eigenvalue weighted by Gasteiger charge is 2.29. The molecule has 1 fully saturated rings. The summed E-state index contributed by atoms with van der Waals surface area (Å²) in [6, 6.07) is 4.84. The van der Waals surface area contributed by atoms with Crippen LogP contribution in [-0.4, -0.2) is 15.9 Å². The molecule has 1 amide bonds. The van der Waals surface area contributed by atoms with Crippen molar-refractivity contribution in [2.45, 2.75) is 51.7 Å². The van der Waals surface area contributed by atoms with E-state index in [0.29, 0.717) is 29.3 Å². The standard InChI is InChI=1S/C20H24F3N5O/c1-12-17(27-16(29)10-13-4-2-3-5-13)18(24)28-19(26-12)25-11-14-6-8-15(9-7-14)20(21,22)23/h6-9,13H,2-5,10-11H2,1H3,(H,27,29)(H3,24,25,26,28). The predicted molar refractivity (Wildman–Crippen MR) is 105 cm³/mol. The maximum atomic E-state index is 12.6. The van der Waals surface area contributed by atoms with E-state index in [1.165, 1.54) is 25.0 Å². The summed E-state index contributed by atoms with van der Waals surface area (Å²) in [5.74, 6) is 0.712. The molecule has 1 aromatic carbocycles. The summed E-state index contributed by atoms with van der Waals surface area (Å²) < 4.78 is 37.9. The zero-order valence-corrected chi connectivity index (χ0v) is 16.1. The molecular formula is C20H24F3N5O. The SMILES string of the molecule is Cc1nc(NCc2ccc(C(F)(F)F)cc2)nc(N)c1NC(=O)CC1CCCC1. The lowest BCUT2D eigenvalue weighted by atomic mass is 10.0. The number of rotatable bonds is 6. The molecule has 1 heterocycles. The molecule has 1 aromatic heterocycles. The Labute approximate surface area is 167 Å². The third-order valence-corrected chi connectivity index (χ3v) is 5.06. The molecular weight excluding hydrogens is 383 g/mol. The van der Waals surface area contributed by atoms with Crippen molar-refractivity contribution in [3.8, 4) is 0 Å². The van der Waals surface area contributed by atoms with Crippen LogP contribution in [0.25, 0.3) is 0 Å². The molecule has 1 aliphatic carbocycles. The lowest BCUT2D eigenvalue weighted by molar-refractivity contribution is -0.137. The van der Waals surface area contributed by atoms with E-state index in [4.69, 9.17) is 5.73 Å². The van der Waals surface area contributed by atoms with Crippen molar-refractivity contribution in [2.24, 2.45) is 5.92 Å². The van der Waals surface area contributed by atoms with Gasteiger partial charge in [-0.15, -0.1) is 0 Å². The van der Waals surface area contributed by atoms with E-state index in [1.807, 2.05) is 0 Å². The molecule has 0 radical (unpaired) electrons. The molecule has 156 valence electrons. The first-order valence-electron chi connectivity index (χ1n) is 9.56. The van der Waals surface area contributed by atoms with Crippen LogP contribution in [0.4, 0.5) is 30.6 Å². The van der Waals surface area contributed by atoms with Crippen molar-refractivity contribution in [1.29, 1.82) is 0 Å². The van der Waals surface area contributed by atoms with Crippen molar-refractivity contribution in [3.05, 3.63) is 41.1 Å². The van der Waals surface area contributed by atoms with Gasteiger partial charge in [-0.3, -0.25) is 4.79 Å². The molecule has 6 nitrogen and oxygen atoms in total. The van der Waals surface area contributed by atoms with Gasteiger partial charge in [0.1, 0.15) is 5.69 Å². The van der Waals surface area contributed by atoms with Crippen LogP contribution in [0.15, 0.2) is 24.3 Å². The highest BCUT2D eigenvalue weighted by Crippen LogP contribution is 2.30. The number of nitrogens with one attached hydrogen (secondary N) is 2. The van der Waals surface area contributed by atoms with Crippen molar-refractivity contribution in [1.82, 2.24) is 9.97 Å². The van der Waals surface area contributed by atoms with E-state index in [1.54, 1.807) is 6.92 Å². The number of nitrogen functional groups attached to an aromatic ring is 1. The fourth-order valence-corrected chi connectivity index (χ4v) is 3.49. The van der Waals surface area contributed by atoms with Gasteiger partial charge in [-0.1, -0.05) is 25.0 Å². The highest BCUT2D eigenvalue weighted by atomic mass is 19.4. The third kappa shape index (κ3) is 5.58. The number of carbonyl (C=O) groups excluding carboxylic acids is 1. The van der Waals surface area contributed by atoms with Crippen LogP contribution in [0.1, 0.15) is 48.9 Å². The normalized spacial score (nSPS) is 14.8. The number of anilines is 3. The lowest BCUT2D eigenvalue weighted by Gasteiger charge is -2.14. The fraction of sp³-hybridized carbons (Fsp3) is 0.450. The zero-order valence-electron chi connectivity index (χ0n) is 16.1. The summed E-state index contributed by atoms with van der Waals surface area (Å²) in [6.45, 7) is 1.96. The van der Waals surface area contributed by atoms with Gasteiger partial charge in [0.25, 0.3) is 0 Å². The number of hydrogen-bond acceptors (Lipinski definition) is 5. The molecule has 0 bridgehead atoms. The number of nitrogens with zero attached hydrogens (tertiary/aromatic N) is 2. The summed E-state index contributed by atoms with van der Waals surface area (Å²) in [5.41, 5.74) is 6.85. The van der Waals surface area contributed by atoms with Gasteiger partial charge >= 0.3 is 6.18 Å². The van der Waals surface area contributed by atoms with Crippen LogP contribution in [0.3, 0.4) is 0 Å². The van der Waals surface area contributed by atoms with Crippen LogP contribution in [0.5, 0.6) is 0 Å². The smallest absolute Gasteiger partial charge is 0.382 e. The minimum Gasteiger partial charge on any atom is -0.382 e. The summed E-state index contributed by atoms with van der Waals surface area (Å²) in [6.07, 6.45) is 0.588.